The Kier molecular flexibility index (Phi) is 6.80. The maximum absolute atomic E-state index is 12.4. The molecule has 4 aromatic rings. The van der Waals surface area contributed by atoms with Crippen LogP contribution >= 0.6 is 0 Å². The first-order valence-electron chi connectivity index (χ1n) is 12.7. The third-order valence-electron chi connectivity index (χ3n) is 7.01. The van der Waals surface area contributed by atoms with Crippen molar-refractivity contribution in [3.63, 3.8) is 0 Å². The predicted molar refractivity (Wildman–Crippen MR) is 142 cm³/mol. The van der Waals surface area contributed by atoms with E-state index in [2.05, 4.69) is 53.3 Å². The van der Waals surface area contributed by atoms with Gasteiger partial charge in [-0.05, 0) is 49.9 Å². The van der Waals surface area contributed by atoms with E-state index in [4.69, 9.17) is 14.5 Å². The van der Waals surface area contributed by atoms with Gasteiger partial charge in [-0.3, -0.25) is 0 Å². The lowest BCUT2D eigenvalue weighted by molar-refractivity contribution is 0.0173. The van der Waals surface area contributed by atoms with Gasteiger partial charge >= 0.3 is 5.97 Å². The van der Waals surface area contributed by atoms with Gasteiger partial charge in [0.15, 0.2) is 0 Å². The number of rotatable bonds is 8. The Labute approximate surface area is 207 Å². The normalized spacial score (nSPS) is 18.8. The summed E-state index contributed by atoms with van der Waals surface area (Å²) in [5.41, 5.74) is 2.83. The van der Waals surface area contributed by atoms with Gasteiger partial charge in [0.2, 0.25) is 0 Å². The molecule has 3 aromatic heterocycles. The lowest BCUT2D eigenvalue weighted by atomic mass is 9.92. The Morgan fingerprint density at radius 3 is 2.54 bits per heavy atom. The number of esters is 1. The summed E-state index contributed by atoms with van der Waals surface area (Å²) in [4.78, 5) is 17.2. The summed E-state index contributed by atoms with van der Waals surface area (Å²) < 4.78 is 16.3. The maximum atomic E-state index is 12.4. The molecule has 0 atom stereocenters. The van der Waals surface area contributed by atoms with Gasteiger partial charge in [-0.1, -0.05) is 18.2 Å². The topological polar surface area (TPSA) is 58.3 Å². The standard InChI is InChI=1S/C28H35N3O3Si/c1-35(2,3)18-17-33-20-30-15-14-25-26-22(19-29-27(25)30)13-16-31(26)23-9-11-24(12-10-23)34-28(32)21-7-5-4-6-8-21/h4-8,13-16,19,23-24H,9-12,17-18,20H2,1-3H3/q-1. The van der Waals surface area contributed by atoms with Crippen molar-refractivity contribution in [3.8, 4) is 0 Å². The van der Waals surface area contributed by atoms with Gasteiger partial charge in [-0.15, -0.1) is 14.1 Å². The second-order valence-electron chi connectivity index (χ2n) is 10.9. The van der Waals surface area contributed by atoms with Gasteiger partial charge in [0, 0.05) is 42.0 Å². The highest BCUT2D eigenvalue weighted by Gasteiger charge is 2.26. The Morgan fingerprint density at radius 2 is 1.80 bits per heavy atom. The number of fused-ring (bicyclic) bond motifs is 3. The number of aromatic nitrogens is 3. The summed E-state index contributed by atoms with van der Waals surface area (Å²) >= 11 is 0. The number of ether oxygens (including phenoxy) is 2. The molecule has 1 saturated carbocycles. The van der Waals surface area contributed by atoms with Gasteiger partial charge in [0.1, 0.15) is 18.5 Å². The van der Waals surface area contributed by atoms with E-state index in [1.807, 2.05) is 36.5 Å². The van der Waals surface area contributed by atoms with E-state index in [9.17, 15) is 4.79 Å². The molecule has 185 valence electrons. The molecule has 7 heteroatoms. The first-order valence-corrected chi connectivity index (χ1v) is 16.4. The van der Waals surface area contributed by atoms with Gasteiger partial charge in [0.05, 0.1) is 11.1 Å². The number of benzene rings is 1. The fourth-order valence-electron chi connectivity index (χ4n) is 4.97. The minimum absolute atomic E-state index is 0.0168. The summed E-state index contributed by atoms with van der Waals surface area (Å²) in [7, 11) is -1.10. The third kappa shape index (κ3) is 5.36. The Morgan fingerprint density at radius 1 is 1.03 bits per heavy atom. The van der Waals surface area contributed by atoms with Crippen molar-refractivity contribution in [2.75, 3.05) is 6.61 Å². The molecular formula is C28H35N3O3Si-. The van der Waals surface area contributed by atoms with E-state index < -0.39 is 8.07 Å². The molecule has 0 saturated heterocycles. The van der Waals surface area contributed by atoms with Crippen LogP contribution in [0.1, 0.15) is 42.1 Å². The molecule has 1 aromatic carbocycles. The lowest BCUT2D eigenvalue weighted by Gasteiger charge is -2.30. The Bertz CT molecular complexity index is 1300. The van der Waals surface area contributed by atoms with E-state index in [-0.39, 0.29) is 12.1 Å². The lowest BCUT2D eigenvalue weighted by Crippen LogP contribution is -2.25. The molecule has 5 rings (SSSR count). The predicted octanol–water partition coefficient (Wildman–Crippen LogP) is 6.64. The molecule has 1 fully saturated rings. The fraction of sp³-hybridized carbons (Fsp3) is 0.429. The molecule has 0 amide bonds. The second kappa shape index (κ2) is 9.99. The van der Waals surface area contributed by atoms with E-state index in [1.54, 1.807) is 0 Å². The number of hydrogen-bond donors (Lipinski definition) is 0. The summed E-state index contributed by atoms with van der Waals surface area (Å²) in [6.45, 7) is 8.44. The fourth-order valence-corrected chi connectivity index (χ4v) is 5.73. The van der Waals surface area contributed by atoms with Gasteiger partial charge < -0.3 is 18.6 Å². The highest BCUT2D eigenvalue weighted by Crippen LogP contribution is 2.35. The SMILES string of the molecule is C[Si-](C)(C)CCOCn1ccc2c1ncc1ccn(C3CCC(OC(=O)c4ccccc4)CC3)c12. The molecule has 1 aliphatic carbocycles. The minimum Gasteiger partial charge on any atom is -0.459 e. The van der Waals surface area contributed by atoms with Crippen molar-refractivity contribution >= 4 is 36.0 Å². The average Bonchev–Trinajstić information content (AvgIpc) is 3.46. The zero-order valence-electron chi connectivity index (χ0n) is 20.9. The maximum Gasteiger partial charge on any atom is 0.338 e. The van der Waals surface area contributed by atoms with Crippen LogP contribution in [0.25, 0.3) is 21.9 Å². The first-order chi connectivity index (χ1) is 16.9. The number of carbonyl (C=O) groups excluding carboxylic acids is 1. The molecule has 0 spiro atoms. The van der Waals surface area contributed by atoms with Gasteiger partial charge in [-0.25, -0.2) is 9.78 Å². The monoisotopic (exact) mass is 489 g/mol. The van der Waals surface area contributed by atoms with Crippen LogP contribution in [0.4, 0.5) is 0 Å². The van der Waals surface area contributed by atoms with Crippen LogP contribution in [0.5, 0.6) is 0 Å². The van der Waals surface area contributed by atoms with Crippen LogP contribution in [-0.4, -0.2) is 40.9 Å². The second-order valence-corrected chi connectivity index (χ2v) is 16.5. The molecule has 0 aliphatic heterocycles. The first kappa shape index (κ1) is 23.8. The number of pyridine rings is 1. The molecular weight excluding hydrogens is 454 g/mol. The molecule has 0 unspecified atom stereocenters. The highest BCUT2D eigenvalue weighted by molar-refractivity contribution is 6.76. The molecule has 1 aliphatic rings. The molecule has 0 radical (unpaired) electrons. The van der Waals surface area contributed by atoms with Crippen molar-refractivity contribution in [1.82, 2.24) is 14.1 Å². The van der Waals surface area contributed by atoms with Crippen molar-refractivity contribution in [2.45, 2.75) is 70.2 Å². The smallest absolute Gasteiger partial charge is 0.338 e. The van der Waals surface area contributed by atoms with Crippen molar-refractivity contribution < 1.29 is 14.3 Å². The van der Waals surface area contributed by atoms with Crippen LogP contribution in [0.3, 0.4) is 0 Å². The summed E-state index contributed by atoms with van der Waals surface area (Å²) in [5.74, 6) is -0.221. The van der Waals surface area contributed by atoms with Gasteiger partial charge in [0.25, 0.3) is 0 Å². The van der Waals surface area contributed by atoms with Crippen LogP contribution in [0.15, 0.2) is 61.1 Å². The molecule has 0 N–H and O–H groups in total. The number of carbonyl (C=O) groups is 1. The van der Waals surface area contributed by atoms with Crippen LogP contribution in [0, 0.1) is 0 Å². The highest BCUT2D eigenvalue weighted by atomic mass is 28.3. The number of hydrogen-bond acceptors (Lipinski definition) is 4. The summed E-state index contributed by atoms with van der Waals surface area (Å²) in [6, 6.07) is 15.1. The molecule has 3 heterocycles. The van der Waals surface area contributed by atoms with Crippen LogP contribution in [0.2, 0.25) is 25.7 Å². The van der Waals surface area contributed by atoms with E-state index in [0.717, 1.165) is 49.4 Å². The summed E-state index contributed by atoms with van der Waals surface area (Å²) in [5, 5.41) is 2.33. The zero-order valence-corrected chi connectivity index (χ0v) is 21.9. The molecule has 35 heavy (non-hydrogen) atoms. The zero-order chi connectivity index (χ0) is 24.4. The quantitative estimate of drug-likeness (QED) is 0.158. The van der Waals surface area contributed by atoms with E-state index in [1.165, 1.54) is 10.9 Å². The van der Waals surface area contributed by atoms with Crippen LogP contribution < -0.4 is 0 Å². The molecule has 6 nitrogen and oxygen atoms in total. The Hall–Kier alpha value is -2.90. The van der Waals surface area contributed by atoms with E-state index in [0.29, 0.717) is 18.3 Å². The number of nitrogens with zero attached hydrogens (tertiary/aromatic N) is 3. The minimum atomic E-state index is -1.10. The van der Waals surface area contributed by atoms with Crippen LogP contribution in [-0.2, 0) is 16.2 Å². The Balaban J connectivity index is 1.27. The van der Waals surface area contributed by atoms with Gasteiger partial charge in [-0.2, -0.15) is 19.6 Å². The molecule has 0 bridgehead atoms. The van der Waals surface area contributed by atoms with Crippen molar-refractivity contribution in [3.05, 3.63) is 66.6 Å². The summed E-state index contributed by atoms with van der Waals surface area (Å²) in [6.07, 6.45) is 9.96. The van der Waals surface area contributed by atoms with Crippen molar-refractivity contribution in [1.29, 1.82) is 0 Å². The third-order valence-corrected chi connectivity index (χ3v) is 8.71. The van der Waals surface area contributed by atoms with Crippen molar-refractivity contribution in [2.24, 2.45) is 0 Å². The largest absolute Gasteiger partial charge is 0.459 e. The average molecular weight is 490 g/mol. The van der Waals surface area contributed by atoms with E-state index >= 15 is 0 Å².